The average Bonchev–Trinajstić information content (AvgIpc) is 2.55. The first-order valence-electron chi connectivity index (χ1n) is 9.25. The van der Waals surface area contributed by atoms with E-state index in [4.69, 9.17) is 19.2 Å². The minimum Gasteiger partial charge on any atom is -0.326 e. The van der Waals surface area contributed by atoms with Gasteiger partial charge in [0, 0.05) is 0 Å². The van der Waals surface area contributed by atoms with E-state index in [0.717, 1.165) is 38.5 Å². The molecule has 0 aliphatic carbocycles. The molecule has 0 saturated heterocycles. The third kappa shape index (κ3) is 22.2. The van der Waals surface area contributed by atoms with E-state index in [1.165, 1.54) is 12.8 Å². The van der Waals surface area contributed by atoms with Crippen molar-refractivity contribution in [2.45, 2.75) is 79.1 Å². The fraction of sp³-hybridized carbons (Fsp3) is 1.00. The molecule has 3 atom stereocenters. The minimum atomic E-state index is -4.26. The van der Waals surface area contributed by atoms with Crippen LogP contribution in [0.25, 0.3) is 0 Å². The Labute approximate surface area is 153 Å². The van der Waals surface area contributed by atoms with E-state index in [1.807, 2.05) is 6.92 Å². The van der Waals surface area contributed by atoms with E-state index in [9.17, 15) is 9.13 Å². The number of unbranched alkanes of at least 4 members (excludes halogenated alkanes) is 2. The lowest BCUT2D eigenvalue weighted by Crippen LogP contribution is -2.07. The van der Waals surface area contributed by atoms with Crippen molar-refractivity contribution in [2.75, 3.05) is 13.2 Å². The molecule has 0 aliphatic heterocycles. The maximum absolute atomic E-state index is 10.4. The molecule has 154 valence electrons. The van der Waals surface area contributed by atoms with Crippen LogP contribution in [0.15, 0.2) is 0 Å². The van der Waals surface area contributed by atoms with Crippen molar-refractivity contribution >= 4 is 16.1 Å². The Morgan fingerprint density at radius 1 is 0.920 bits per heavy atom. The molecule has 0 aromatic carbocycles. The summed E-state index contributed by atoms with van der Waals surface area (Å²) in [6, 6.07) is 0. The van der Waals surface area contributed by atoms with Gasteiger partial charge in [-0.05, 0) is 24.7 Å². The predicted octanol–water partition coefficient (Wildman–Crippen LogP) is 4.91. The van der Waals surface area contributed by atoms with Crippen molar-refractivity contribution in [3.8, 4) is 0 Å². The monoisotopic (exact) mass is 404 g/mol. The summed E-state index contributed by atoms with van der Waals surface area (Å²) in [4.78, 5) is 25.4. The van der Waals surface area contributed by atoms with Crippen LogP contribution in [0.4, 0.5) is 0 Å². The SMILES string of the molecule is CCCCC(CC)COP(=O)(O)O.CCCCC(CC)CO[PH](=O)O. The Kier molecular flexibility index (Phi) is 19.4. The standard InChI is InChI=1S/C8H19O4P.C8H19O3P/c1-3-5-6-8(4-2)7-12-13(9,10)11;1-3-5-6-8(4-2)7-11-12(9)10/h8H,3-7H2,1-2H3,(H2,9,10,11);8,12H,3-7H2,1-2H3,(H,9,10). The molecule has 0 aromatic heterocycles. The van der Waals surface area contributed by atoms with Crippen LogP contribution in [-0.4, -0.2) is 27.9 Å². The maximum Gasteiger partial charge on any atom is 0.469 e. The van der Waals surface area contributed by atoms with Crippen LogP contribution in [0.1, 0.15) is 79.1 Å². The molecule has 0 spiro atoms. The Hall–Kier alpha value is 0.260. The summed E-state index contributed by atoms with van der Waals surface area (Å²) in [6.45, 7) is 8.92. The van der Waals surface area contributed by atoms with Crippen molar-refractivity contribution in [3.63, 3.8) is 0 Å². The van der Waals surface area contributed by atoms with Crippen LogP contribution in [0.5, 0.6) is 0 Å². The van der Waals surface area contributed by atoms with Gasteiger partial charge in [0.1, 0.15) is 0 Å². The molecule has 0 aromatic rings. The molecule has 9 heteroatoms. The van der Waals surface area contributed by atoms with Crippen LogP contribution in [-0.2, 0) is 18.2 Å². The van der Waals surface area contributed by atoms with E-state index in [2.05, 4.69) is 25.3 Å². The fourth-order valence-corrected chi connectivity index (χ4v) is 2.97. The van der Waals surface area contributed by atoms with Gasteiger partial charge in [-0.15, -0.1) is 0 Å². The predicted molar refractivity (Wildman–Crippen MR) is 102 cm³/mol. The zero-order valence-corrected chi connectivity index (χ0v) is 18.0. The number of hydrogen-bond acceptors (Lipinski definition) is 4. The molecule has 0 radical (unpaired) electrons. The first-order valence-corrected chi connectivity index (χ1v) is 12.0. The Morgan fingerprint density at radius 3 is 1.68 bits per heavy atom. The third-order valence-corrected chi connectivity index (χ3v) is 4.91. The van der Waals surface area contributed by atoms with Gasteiger partial charge in [0.05, 0.1) is 13.2 Å². The summed E-state index contributed by atoms with van der Waals surface area (Å²) in [5, 5.41) is 0. The van der Waals surface area contributed by atoms with Crippen molar-refractivity contribution in [1.82, 2.24) is 0 Å². The van der Waals surface area contributed by atoms with Crippen molar-refractivity contribution in [2.24, 2.45) is 11.8 Å². The molecular weight excluding hydrogens is 366 g/mol. The summed E-state index contributed by atoms with van der Waals surface area (Å²) in [7, 11) is -6.98. The normalized spacial score (nSPS) is 15.2. The summed E-state index contributed by atoms with van der Waals surface area (Å²) < 4.78 is 29.8. The smallest absolute Gasteiger partial charge is 0.326 e. The van der Waals surface area contributed by atoms with E-state index >= 15 is 0 Å². The molecule has 0 rings (SSSR count). The summed E-state index contributed by atoms with van der Waals surface area (Å²) in [5.41, 5.74) is 0. The van der Waals surface area contributed by atoms with Crippen LogP contribution in [0.2, 0.25) is 0 Å². The lowest BCUT2D eigenvalue weighted by molar-refractivity contribution is 0.161. The summed E-state index contributed by atoms with van der Waals surface area (Å²) in [5.74, 6) is 0.721. The van der Waals surface area contributed by atoms with Gasteiger partial charge in [-0.3, -0.25) is 9.09 Å². The second-order valence-corrected chi connectivity index (χ2v) is 8.26. The van der Waals surface area contributed by atoms with Crippen molar-refractivity contribution in [1.29, 1.82) is 0 Å². The topological polar surface area (TPSA) is 113 Å². The molecule has 25 heavy (non-hydrogen) atoms. The lowest BCUT2D eigenvalue weighted by atomic mass is 10.0. The first-order chi connectivity index (χ1) is 11.7. The Morgan fingerprint density at radius 2 is 1.36 bits per heavy atom. The second kappa shape index (κ2) is 17.7. The summed E-state index contributed by atoms with van der Waals surface area (Å²) in [6.07, 6.45) is 8.54. The van der Waals surface area contributed by atoms with E-state index < -0.39 is 16.1 Å². The molecule has 0 bridgehead atoms. The Balaban J connectivity index is 0. The fourth-order valence-electron chi connectivity index (χ4n) is 2.19. The molecule has 0 saturated carbocycles. The summed E-state index contributed by atoms with van der Waals surface area (Å²) >= 11 is 0. The molecule has 0 fully saturated rings. The Bertz CT molecular complexity index is 360. The van der Waals surface area contributed by atoms with Crippen molar-refractivity contribution < 1.29 is 32.9 Å². The number of phosphoric ester groups is 1. The molecular formula is C16H38O7P2. The number of phosphoric acid groups is 1. The molecule has 0 amide bonds. The quantitative estimate of drug-likeness (QED) is 0.352. The van der Waals surface area contributed by atoms with Crippen LogP contribution >= 0.6 is 16.1 Å². The van der Waals surface area contributed by atoms with Gasteiger partial charge in [0.15, 0.2) is 0 Å². The molecule has 0 aliphatic rings. The third-order valence-electron chi connectivity index (χ3n) is 4.01. The van der Waals surface area contributed by atoms with E-state index in [-0.39, 0.29) is 12.5 Å². The van der Waals surface area contributed by atoms with Crippen LogP contribution in [0, 0.1) is 11.8 Å². The van der Waals surface area contributed by atoms with E-state index in [0.29, 0.717) is 12.5 Å². The zero-order valence-electron chi connectivity index (χ0n) is 16.1. The highest BCUT2D eigenvalue weighted by Crippen LogP contribution is 2.36. The van der Waals surface area contributed by atoms with Gasteiger partial charge in [-0.2, -0.15) is 0 Å². The average molecular weight is 404 g/mol. The van der Waals surface area contributed by atoms with Crippen molar-refractivity contribution in [3.05, 3.63) is 0 Å². The van der Waals surface area contributed by atoms with Gasteiger partial charge in [-0.25, -0.2) is 4.57 Å². The van der Waals surface area contributed by atoms with Crippen LogP contribution < -0.4 is 0 Å². The molecule has 0 heterocycles. The minimum absolute atomic E-state index is 0.167. The van der Waals surface area contributed by atoms with Gasteiger partial charge in [-0.1, -0.05) is 66.2 Å². The lowest BCUT2D eigenvalue weighted by Gasteiger charge is -2.14. The number of hydrogen-bond donors (Lipinski definition) is 3. The van der Waals surface area contributed by atoms with Crippen LogP contribution in [0.3, 0.4) is 0 Å². The molecule has 3 unspecified atom stereocenters. The van der Waals surface area contributed by atoms with E-state index in [1.54, 1.807) is 0 Å². The first kappa shape index (κ1) is 27.5. The van der Waals surface area contributed by atoms with Gasteiger partial charge >= 0.3 is 16.1 Å². The highest BCUT2D eigenvalue weighted by molar-refractivity contribution is 7.46. The highest BCUT2D eigenvalue weighted by Gasteiger charge is 2.16. The molecule has 7 nitrogen and oxygen atoms in total. The highest BCUT2D eigenvalue weighted by atomic mass is 31.2. The second-order valence-electron chi connectivity index (χ2n) is 6.20. The van der Waals surface area contributed by atoms with Gasteiger partial charge in [0.25, 0.3) is 0 Å². The zero-order chi connectivity index (χ0) is 19.7. The maximum atomic E-state index is 10.4. The molecule has 3 N–H and O–H groups in total. The van der Waals surface area contributed by atoms with Gasteiger partial charge < -0.3 is 19.2 Å². The number of rotatable bonds is 14. The largest absolute Gasteiger partial charge is 0.469 e. The van der Waals surface area contributed by atoms with Gasteiger partial charge in [0.2, 0.25) is 0 Å².